The van der Waals surface area contributed by atoms with E-state index in [-0.39, 0.29) is 28.9 Å². The summed E-state index contributed by atoms with van der Waals surface area (Å²) in [6.07, 6.45) is 0.863. The maximum absolute atomic E-state index is 12.2. The van der Waals surface area contributed by atoms with Crippen molar-refractivity contribution in [2.75, 3.05) is 18.8 Å². The molecule has 1 aromatic rings. The van der Waals surface area contributed by atoms with E-state index in [1.165, 1.54) is 11.1 Å². The number of hydrazine groups is 1. The van der Waals surface area contributed by atoms with Crippen molar-refractivity contribution in [1.29, 1.82) is 5.41 Å². The number of fused-ring (bicyclic) bond motifs is 1. The van der Waals surface area contributed by atoms with Crippen LogP contribution >= 0.6 is 0 Å². The Morgan fingerprint density at radius 1 is 1.35 bits per heavy atom. The van der Waals surface area contributed by atoms with Gasteiger partial charge in [-0.1, -0.05) is 0 Å². The van der Waals surface area contributed by atoms with Crippen molar-refractivity contribution >= 4 is 28.8 Å². The van der Waals surface area contributed by atoms with Crippen molar-refractivity contribution in [1.82, 2.24) is 10.0 Å². The van der Waals surface area contributed by atoms with Gasteiger partial charge in [-0.2, -0.15) is 0 Å². The zero-order valence-electron chi connectivity index (χ0n) is 11.1. The normalized spacial score (nSPS) is 20.1. The number of hydrogen-bond acceptors (Lipinski definition) is 5. The van der Waals surface area contributed by atoms with Gasteiger partial charge in [0.05, 0.1) is 11.4 Å². The van der Waals surface area contributed by atoms with Gasteiger partial charge in [0.25, 0.3) is 5.91 Å². The summed E-state index contributed by atoms with van der Waals surface area (Å²) in [6, 6.07) is 3.01. The third kappa shape index (κ3) is 1.70. The van der Waals surface area contributed by atoms with Crippen molar-refractivity contribution in [3.05, 3.63) is 17.7 Å². The molecule has 0 spiro atoms. The van der Waals surface area contributed by atoms with Crippen molar-refractivity contribution in [2.45, 2.75) is 13.3 Å². The van der Waals surface area contributed by atoms with Gasteiger partial charge in [-0.25, -0.2) is 10.0 Å². The number of aromatic hydroxyl groups is 1. The highest BCUT2D eigenvalue weighted by Crippen LogP contribution is 2.31. The van der Waals surface area contributed by atoms with Crippen molar-refractivity contribution in [3.8, 4) is 5.75 Å². The fourth-order valence-corrected chi connectivity index (χ4v) is 2.42. The lowest BCUT2D eigenvalue weighted by Gasteiger charge is -2.17. The Hall–Kier alpha value is -2.57. The molecule has 20 heavy (non-hydrogen) atoms. The first-order valence-corrected chi connectivity index (χ1v) is 6.35. The second-order valence-corrected chi connectivity index (χ2v) is 4.91. The van der Waals surface area contributed by atoms with Crippen LogP contribution in [0.15, 0.2) is 17.1 Å². The molecule has 0 aliphatic carbocycles. The number of nitrogens with one attached hydrogen (secondary N) is 1. The van der Waals surface area contributed by atoms with E-state index < -0.39 is 0 Å². The van der Waals surface area contributed by atoms with E-state index in [0.29, 0.717) is 24.3 Å². The lowest BCUT2D eigenvalue weighted by Crippen LogP contribution is -2.33. The highest BCUT2D eigenvalue weighted by Gasteiger charge is 2.42. The quantitative estimate of drug-likeness (QED) is 0.658. The monoisotopic (exact) mass is 273 g/mol. The largest absolute Gasteiger partial charge is 0.508 e. The third-order valence-corrected chi connectivity index (χ3v) is 3.53. The number of amides is 1. The molecule has 0 saturated carbocycles. The number of nitrogens with zero attached hydrogens (tertiary/aromatic N) is 3. The smallest absolute Gasteiger partial charge is 0.294 e. The summed E-state index contributed by atoms with van der Waals surface area (Å²) in [5.74, 6) is -0.0705. The summed E-state index contributed by atoms with van der Waals surface area (Å²) in [6.45, 7) is 3.00. The van der Waals surface area contributed by atoms with E-state index in [1.807, 2.05) is 0 Å². The van der Waals surface area contributed by atoms with Crippen LogP contribution in [-0.2, 0) is 4.79 Å². The van der Waals surface area contributed by atoms with E-state index in [4.69, 9.17) is 11.1 Å². The second-order valence-electron chi connectivity index (χ2n) is 4.91. The number of anilines is 1. The summed E-state index contributed by atoms with van der Waals surface area (Å²) < 4.78 is 0. The van der Waals surface area contributed by atoms with Gasteiger partial charge >= 0.3 is 0 Å². The van der Waals surface area contributed by atoms with Gasteiger partial charge in [-0.15, -0.1) is 0 Å². The molecular weight excluding hydrogens is 258 g/mol. The molecule has 0 unspecified atom stereocenters. The third-order valence-electron chi connectivity index (χ3n) is 3.53. The summed E-state index contributed by atoms with van der Waals surface area (Å²) in [5, 5.41) is 20.8. The number of benzene rings is 1. The molecule has 7 heteroatoms. The first-order valence-electron chi connectivity index (χ1n) is 6.35. The number of phenols is 1. The van der Waals surface area contributed by atoms with E-state index >= 15 is 0 Å². The zero-order chi connectivity index (χ0) is 14.4. The molecule has 0 aromatic heterocycles. The number of nitrogens with two attached hydrogens (primary N) is 1. The minimum absolute atomic E-state index is 0.0867. The van der Waals surface area contributed by atoms with Gasteiger partial charge in [0.15, 0.2) is 11.5 Å². The number of amidine groups is 1. The van der Waals surface area contributed by atoms with E-state index in [2.05, 4.69) is 4.99 Å². The Morgan fingerprint density at radius 2 is 2.05 bits per heavy atom. The molecule has 0 atom stereocenters. The molecule has 0 bridgehead atoms. The number of hydrogen-bond donors (Lipinski definition) is 3. The first kappa shape index (κ1) is 12.5. The highest BCUT2D eigenvalue weighted by molar-refractivity contribution is 6.68. The molecule has 4 N–H and O–H groups in total. The average Bonchev–Trinajstić information content (AvgIpc) is 2.95. The zero-order valence-corrected chi connectivity index (χ0v) is 11.1. The molecule has 1 aromatic carbocycles. The van der Waals surface area contributed by atoms with E-state index in [1.54, 1.807) is 18.0 Å². The number of nitrogen functional groups attached to an aromatic ring is 1. The van der Waals surface area contributed by atoms with Crippen molar-refractivity contribution in [3.63, 3.8) is 0 Å². The van der Waals surface area contributed by atoms with Crippen LogP contribution in [0.3, 0.4) is 0 Å². The fraction of sp³-hybridized carbons (Fsp3) is 0.308. The lowest BCUT2D eigenvalue weighted by molar-refractivity contribution is -0.129. The standard InChI is InChI=1S/C13H15N5O2/c1-7-5-9(8(14)6-10(7)19)16-11-12(15)17-3-2-4-18(17)13(11)20/h5-6,15,19H,2-4,14H2,1H3. The summed E-state index contributed by atoms with van der Waals surface area (Å²) >= 11 is 0. The fourth-order valence-electron chi connectivity index (χ4n) is 2.42. The number of carbonyl (C=O) groups is 1. The Bertz CT molecular complexity index is 628. The number of aryl methyl sites for hydroxylation is 1. The summed E-state index contributed by atoms with van der Waals surface area (Å²) in [7, 11) is 0. The SMILES string of the molecule is Cc1cc(N=C2C(=N)N3CCCN3C2=O)c(N)cc1O. The average molecular weight is 273 g/mol. The number of phenolic OH excluding ortho intramolecular Hbond substituents is 1. The highest BCUT2D eigenvalue weighted by atomic mass is 16.3. The van der Waals surface area contributed by atoms with E-state index in [9.17, 15) is 9.90 Å². The van der Waals surface area contributed by atoms with E-state index in [0.717, 1.165) is 6.42 Å². The molecule has 3 rings (SSSR count). The minimum Gasteiger partial charge on any atom is -0.508 e. The Labute approximate surface area is 115 Å². The van der Waals surface area contributed by atoms with Crippen LogP contribution in [0.25, 0.3) is 0 Å². The predicted octanol–water partition coefficient (Wildman–Crippen LogP) is 0.795. The molecule has 0 radical (unpaired) electrons. The number of aliphatic imine (C=N–C) groups is 1. The van der Waals surface area contributed by atoms with Crippen LogP contribution in [0.2, 0.25) is 0 Å². The molecule has 104 valence electrons. The van der Waals surface area contributed by atoms with Crippen LogP contribution in [0.5, 0.6) is 5.75 Å². The van der Waals surface area contributed by atoms with Gasteiger partial charge in [0.1, 0.15) is 5.75 Å². The van der Waals surface area contributed by atoms with Gasteiger partial charge in [0, 0.05) is 19.2 Å². The summed E-state index contributed by atoms with van der Waals surface area (Å²) in [4.78, 5) is 16.4. The Morgan fingerprint density at radius 3 is 2.75 bits per heavy atom. The van der Waals surface area contributed by atoms with Crippen LogP contribution in [0, 0.1) is 12.3 Å². The minimum atomic E-state index is -0.266. The van der Waals surface area contributed by atoms with Crippen LogP contribution in [-0.4, -0.2) is 45.7 Å². The molecule has 2 heterocycles. The molecule has 2 aliphatic heterocycles. The van der Waals surface area contributed by atoms with Gasteiger partial charge in [-0.3, -0.25) is 15.2 Å². The topological polar surface area (TPSA) is 106 Å². The predicted molar refractivity (Wildman–Crippen MR) is 75.1 cm³/mol. The molecule has 2 aliphatic rings. The molecule has 2 saturated heterocycles. The maximum atomic E-state index is 12.2. The molecule has 1 amide bonds. The first-order chi connectivity index (χ1) is 9.49. The lowest BCUT2D eigenvalue weighted by atomic mass is 10.1. The van der Waals surface area contributed by atoms with Crippen molar-refractivity contribution in [2.24, 2.45) is 4.99 Å². The maximum Gasteiger partial charge on any atom is 0.294 e. The van der Waals surface area contributed by atoms with Crippen molar-refractivity contribution < 1.29 is 9.90 Å². The van der Waals surface area contributed by atoms with Crippen LogP contribution < -0.4 is 5.73 Å². The Kier molecular flexibility index (Phi) is 2.63. The molecular formula is C13H15N5O2. The van der Waals surface area contributed by atoms with Gasteiger partial charge in [-0.05, 0) is 25.0 Å². The number of rotatable bonds is 1. The Balaban J connectivity index is 2.03. The van der Waals surface area contributed by atoms with Crippen LogP contribution in [0.1, 0.15) is 12.0 Å². The summed E-state index contributed by atoms with van der Waals surface area (Å²) in [5.41, 5.74) is 7.20. The second kappa shape index (κ2) is 4.22. The molecule has 2 fully saturated rings. The van der Waals surface area contributed by atoms with Crippen LogP contribution in [0.4, 0.5) is 11.4 Å². The number of carbonyl (C=O) groups excluding carboxylic acids is 1. The molecule has 7 nitrogen and oxygen atoms in total. The van der Waals surface area contributed by atoms with Gasteiger partial charge in [0.2, 0.25) is 0 Å². The van der Waals surface area contributed by atoms with Gasteiger partial charge < -0.3 is 10.8 Å².